The fourth-order valence-corrected chi connectivity index (χ4v) is 4.73. The Labute approximate surface area is 178 Å². The Bertz CT molecular complexity index is 970. The summed E-state index contributed by atoms with van der Waals surface area (Å²) < 4.78 is 11.8. The maximum Gasteiger partial charge on any atom is 0.317 e. The van der Waals surface area contributed by atoms with Gasteiger partial charge in [0.2, 0.25) is 5.72 Å². The Morgan fingerprint density at radius 3 is 2.75 bits per heavy atom. The number of anilines is 1. The molecule has 0 amide bonds. The van der Waals surface area contributed by atoms with Crippen molar-refractivity contribution < 1.29 is 14.3 Å². The largest absolute Gasteiger partial charge is 0.466 e. The molecule has 0 saturated carbocycles. The Morgan fingerprint density at radius 1 is 1.29 bits per heavy atom. The lowest BCUT2D eigenvalue weighted by molar-refractivity contribution is -0.159. The van der Waals surface area contributed by atoms with E-state index in [1.807, 2.05) is 19.1 Å². The minimum absolute atomic E-state index is 0.266. The van der Waals surface area contributed by atoms with Gasteiger partial charge >= 0.3 is 5.97 Å². The number of nitrogens with one attached hydrogen (secondary N) is 1. The molecular weight excluding hydrogens is 419 g/mol. The van der Waals surface area contributed by atoms with Crippen molar-refractivity contribution in [3.63, 3.8) is 0 Å². The number of thiocarbonyl (C=S) groups is 1. The van der Waals surface area contributed by atoms with Gasteiger partial charge in [-0.05, 0) is 62.5 Å². The Morgan fingerprint density at radius 2 is 2.04 bits per heavy atom. The van der Waals surface area contributed by atoms with Gasteiger partial charge in [-0.15, -0.1) is 0 Å². The van der Waals surface area contributed by atoms with Gasteiger partial charge in [0.05, 0.1) is 12.6 Å². The highest BCUT2D eigenvalue weighted by Gasteiger charge is 2.59. The molecule has 0 aliphatic carbocycles. The fraction of sp³-hybridized carbons (Fsp3) is 0.300. The molecule has 0 unspecified atom stereocenters. The molecule has 2 bridgehead atoms. The van der Waals surface area contributed by atoms with Crippen LogP contribution < -0.4 is 15.0 Å². The zero-order chi connectivity index (χ0) is 20.1. The van der Waals surface area contributed by atoms with Gasteiger partial charge in [-0.1, -0.05) is 29.3 Å². The van der Waals surface area contributed by atoms with Crippen LogP contribution in [0.4, 0.5) is 5.69 Å². The molecule has 2 aromatic carbocycles. The van der Waals surface area contributed by atoms with Gasteiger partial charge in [-0.25, -0.2) is 0 Å². The molecule has 146 valence electrons. The summed E-state index contributed by atoms with van der Waals surface area (Å²) >= 11 is 18.0. The summed E-state index contributed by atoms with van der Waals surface area (Å²) in [5.41, 5.74) is 0.388. The third kappa shape index (κ3) is 3.00. The van der Waals surface area contributed by atoms with Crippen molar-refractivity contribution in [1.29, 1.82) is 0 Å². The summed E-state index contributed by atoms with van der Waals surface area (Å²) in [5, 5.41) is 4.83. The molecule has 1 N–H and O–H groups in total. The number of esters is 1. The van der Waals surface area contributed by atoms with Crippen molar-refractivity contribution in [2.24, 2.45) is 5.92 Å². The Balaban J connectivity index is 1.90. The number of hydrogen-bond donors (Lipinski definition) is 1. The van der Waals surface area contributed by atoms with E-state index < -0.39 is 17.7 Å². The van der Waals surface area contributed by atoms with Crippen LogP contribution in [0.25, 0.3) is 0 Å². The minimum Gasteiger partial charge on any atom is -0.466 e. The number of hydrogen-bond acceptors (Lipinski definition) is 4. The van der Waals surface area contributed by atoms with E-state index in [4.69, 9.17) is 44.9 Å². The number of ether oxygens (including phenoxy) is 2. The smallest absolute Gasteiger partial charge is 0.317 e. The number of nitrogens with zero attached hydrogens (tertiary/aromatic N) is 1. The van der Waals surface area contributed by atoms with E-state index in [1.165, 1.54) is 0 Å². The van der Waals surface area contributed by atoms with Crippen molar-refractivity contribution in [3.8, 4) is 5.75 Å². The number of carbonyl (C=O) groups is 1. The van der Waals surface area contributed by atoms with Crippen LogP contribution in [-0.2, 0) is 9.53 Å². The van der Waals surface area contributed by atoms with Crippen LogP contribution in [-0.4, -0.2) is 23.4 Å². The van der Waals surface area contributed by atoms with E-state index in [2.05, 4.69) is 5.32 Å². The normalized spacial score (nSPS) is 25.4. The van der Waals surface area contributed by atoms with Gasteiger partial charge in [-0.2, -0.15) is 0 Å². The predicted octanol–water partition coefficient (Wildman–Crippen LogP) is 4.72. The molecule has 2 aliphatic rings. The molecule has 0 spiro atoms. The van der Waals surface area contributed by atoms with E-state index in [9.17, 15) is 4.79 Å². The van der Waals surface area contributed by atoms with E-state index in [0.717, 1.165) is 11.3 Å². The minimum atomic E-state index is -1.11. The maximum absolute atomic E-state index is 13.0. The van der Waals surface area contributed by atoms with E-state index in [0.29, 0.717) is 20.9 Å². The summed E-state index contributed by atoms with van der Waals surface area (Å²) in [6.45, 7) is 3.88. The molecule has 8 heteroatoms. The van der Waals surface area contributed by atoms with Gasteiger partial charge in [0, 0.05) is 21.3 Å². The van der Waals surface area contributed by atoms with E-state index >= 15 is 0 Å². The van der Waals surface area contributed by atoms with Crippen molar-refractivity contribution >= 4 is 52.2 Å². The number of carbonyl (C=O) groups excluding carboxylic acids is 1. The van der Waals surface area contributed by atoms with Crippen LogP contribution in [0.5, 0.6) is 5.75 Å². The average Bonchev–Trinajstić information content (AvgIpc) is 2.62. The van der Waals surface area contributed by atoms with Crippen molar-refractivity contribution in [1.82, 2.24) is 5.32 Å². The molecule has 1 saturated heterocycles. The quantitative estimate of drug-likeness (QED) is 0.554. The molecular formula is C20H18Cl2N2O3S. The van der Waals surface area contributed by atoms with Gasteiger partial charge in [0.15, 0.2) is 5.11 Å². The highest BCUT2D eigenvalue weighted by atomic mass is 35.5. The van der Waals surface area contributed by atoms with Gasteiger partial charge in [0.25, 0.3) is 0 Å². The first-order chi connectivity index (χ1) is 13.3. The van der Waals surface area contributed by atoms with Crippen LogP contribution in [0.1, 0.15) is 25.5 Å². The first-order valence-corrected chi connectivity index (χ1v) is 10.0. The Hall–Kier alpha value is -2.02. The second-order valence-corrected chi connectivity index (χ2v) is 8.07. The summed E-state index contributed by atoms with van der Waals surface area (Å²) in [6.07, 6.45) is 0. The van der Waals surface area contributed by atoms with Gasteiger partial charge in [-0.3, -0.25) is 9.69 Å². The van der Waals surface area contributed by atoms with Crippen LogP contribution in [0.3, 0.4) is 0 Å². The number of rotatable bonds is 3. The second kappa shape index (κ2) is 7.10. The lowest BCUT2D eigenvalue weighted by atomic mass is 9.79. The zero-order valence-corrected chi connectivity index (χ0v) is 17.6. The van der Waals surface area contributed by atoms with Crippen LogP contribution in [0, 0.1) is 5.92 Å². The number of fused-ring (bicyclic) bond motifs is 4. The molecule has 3 atom stereocenters. The number of halogens is 2. The standard InChI is InChI=1S/C20H18Cl2N2O3S/c1-3-26-18(25)16-17-14-10-12(22)7-8-15(14)27-20(16,2)24(19(28)23-17)13-6-4-5-11(21)9-13/h4-10,16-17H,3H2,1-2H3,(H,23,28)/t16-,17-,20-/m0/s1. The van der Waals surface area contributed by atoms with Crippen LogP contribution in [0.2, 0.25) is 10.0 Å². The third-order valence-electron chi connectivity index (χ3n) is 5.07. The molecule has 4 rings (SSSR count). The van der Waals surface area contributed by atoms with Crippen molar-refractivity contribution in [2.75, 3.05) is 11.5 Å². The average molecular weight is 437 g/mol. The lowest BCUT2D eigenvalue weighted by Gasteiger charge is -2.55. The highest BCUT2D eigenvalue weighted by Crippen LogP contribution is 2.50. The molecule has 0 radical (unpaired) electrons. The summed E-state index contributed by atoms with van der Waals surface area (Å²) in [5.74, 6) is -0.411. The lowest BCUT2D eigenvalue weighted by Crippen LogP contribution is -2.71. The summed E-state index contributed by atoms with van der Waals surface area (Å²) in [4.78, 5) is 14.8. The number of benzene rings is 2. The van der Waals surface area contributed by atoms with Crippen molar-refractivity contribution in [2.45, 2.75) is 25.6 Å². The molecule has 28 heavy (non-hydrogen) atoms. The molecule has 0 aromatic heterocycles. The summed E-state index contributed by atoms with van der Waals surface area (Å²) in [6, 6.07) is 12.2. The Kier molecular flexibility index (Phi) is 4.89. The SMILES string of the molecule is CCOC(=O)[C@@H]1[C@H]2NC(=S)N(c3cccc(Cl)c3)[C@@]1(C)Oc1ccc(Cl)cc12. The zero-order valence-electron chi connectivity index (χ0n) is 15.2. The summed E-state index contributed by atoms with van der Waals surface area (Å²) in [7, 11) is 0. The molecule has 2 heterocycles. The van der Waals surface area contributed by atoms with E-state index in [-0.39, 0.29) is 12.6 Å². The molecule has 1 fully saturated rings. The monoisotopic (exact) mass is 436 g/mol. The van der Waals surface area contributed by atoms with Gasteiger partial charge < -0.3 is 14.8 Å². The third-order valence-corrected chi connectivity index (χ3v) is 5.84. The molecule has 5 nitrogen and oxygen atoms in total. The molecule has 2 aromatic rings. The highest BCUT2D eigenvalue weighted by molar-refractivity contribution is 7.80. The van der Waals surface area contributed by atoms with Crippen molar-refractivity contribution in [3.05, 3.63) is 58.1 Å². The maximum atomic E-state index is 13.0. The predicted molar refractivity (Wildman–Crippen MR) is 113 cm³/mol. The van der Waals surface area contributed by atoms with E-state index in [1.54, 1.807) is 42.2 Å². The second-order valence-electron chi connectivity index (χ2n) is 6.81. The first-order valence-electron chi connectivity index (χ1n) is 8.86. The topological polar surface area (TPSA) is 50.8 Å². The van der Waals surface area contributed by atoms with Gasteiger partial charge in [0.1, 0.15) is 11.7 Å². The first kappa shape index (κ1) is 19.3. The fourth-order valence-electron chi connectivity index (χ4n) is 3.95. The van der Waals surface area contributed by atoms with Crippen LogP contribution >= 0.6 is 35.4 Å². The van der Waals surface area contributed by atoms with Crippen LogP contribution in [0.15, 0.2) is 42.5 Å². The molecule has 2 aliphatic heterocycles.